The SMILES string of the molecule is CC(=O)OCC1OC(COCC2C(COC(C)=O)OC(OC(C)=O)C(N)C2OC(C)=O)C(N)C(OC(C)=O)C1C.NC1C(COCC2C(CO)OC(O)C(N)C2O)OC(CO)C(O)C1O.NC1C(COCC2C(CO)OC(O)C(N)C2O)OC(CO)C(O)C1O.NC1C(O)OC(CO)C(O)C1O. The Labute approximate surface area is 585 Å². The van der Waals surface area contributed by atoms with Gasteiger partial charge in [0.2, 0.25) is 6.29 Å². The van der Waals surface area contributed by atoms with Gasteiger partial charge in [0.1, 0.15) is 98.6 Å². The van der Waals surface area contributed by atoms with E-state index in [0.29, 0.717) is 0 Å². The van der Waals surface area contributed by atoms with Crippen molar-refractivity contribution in [2.75, 3.05) is 85.9 Å². The monoisotopic (exact) mass is 1490 g/mol. The number of esters is 5. The van der Waals surface area contributed by atoms with Crippen LogP contribution in [0.4, 0.5) is 0 Å². The molecular weight excluding hydrogens is 1380 g/mol. The standard InChI is InChI=1S/C25H40N2O13.2C14H28N2O9.C6H13NO5/c1-11-18(9-34-12(2)28)39-20(21(26)23(11)36-14(4)30)8-33-7-17-19(10-35-13(3)29)40-25(38-16(6)32)22(27)24(17)37-15(5)31;2*15-9-8(24-7(2-18)12(20)13(9)21)4-23-3-5-6(1-17)25-14(22)10(16)11(5)19;7-3-5(10)4(9)2(1-8)12-6(3)11/h11,17-25H,7-10,26-27H2,1-6H3;2*5-14,17-22H,1-4,15-16H2;2-6,8-11H,1,7H2. The van der Waals surface area contributed by atoms with Crippen LogP contribution < -0.4 is 40.1 Å². The Bertz CT molecular complexity index is 2420. The second kappa shape index (κ2) is 43.1. The molecule has 35 unspecified atom stereocenters. The first-order valence-electron chi connectivity index (χ1n) is 32.8. The first kappa shape index (κ1) is 90.4. The molecular formula is C59H109N7O36. The van der Waals surface area contributed by atoms with Gasteiger partial charge in [-0.05, 0) is 0 Å². The van der Waals surface area contributed by atoms with E-state index in [9.17, 15) is 95.5 Å². The first-order chi connectivity index (χ1) is 47.9. The normalized spacial score (nSPS) is 42.8. The summed E-state index contributed by atoms with van der Waals surface area (Å²) in [5, 5.41) is 152. The predicted octanol–water partition coefficient (Wildman–Crippen LogP) is -14.6. The molecule has 7 fully saturated rings. The van der Waals surface area contributed by atoms with Crippen LogP contribution >= 0.6 is 0 Å². The number of rotatable bonds is 24. The molecule has 0 amide bonds. The average Bonchev–Trinajstić information content (AvgIpc) is 0.805. The van der Waals surface area contributed by atoms with E-state index in [2.05, 4.69) is 0 Å². The smallest absolute Gasteiger partial charge is 0.304 e. The van der Waals surface area contributed by atoms with Crippen LogP contribution in [0.2, 0.25) is 0 Å². The Hall–Kier alpha value is -3.97. The quantitative estimate of drug-likeness (QED) is 0.0315. The molecule has 0 aromatic carbocycles. The van der Waals surface area contributed by atoms with E-state index in [0.717, 1.165) is 0 Å². The number of hydrogen-bond donors (Lipinski definition) is 23. The fourth-order valence-corrected chi connectivity index (χ4v) is 12.0. The summed E-state index contributed by atoms with van der Waals surface area (Å²) >= 11 is 0. The van der Waals surface area contributed by atoms with E-state index in [1.807, 2.05) is 0 Å². The van der Waals surface area contributed by atoms with Gasteiger partial charge in [-0.1, -0.05) is 6.92 Å². The molecule has 7 aliphatic rings. The molecule has 0 spiro atoms. The minimum Gasteiger partial charge on any atom is -0.463 e. The lowest BCUT2D eigenvalue weighted by Gasteiger charge is -2.45. The summed E-state index contributed by atoms with van der Waals surface area (Å²) in [4.78, 5) is 58.1. The largest absolute Gasteiger partial charge is 0.463 e. The second-order valence-corrected chi connectivity index (χ2v) is 25.6. The highest BCUT2D eigenvalue weighted by Crippen LogP contribution is 2.33. The van der Waals surface area contributed by atoms with Gasteiger partial charge in [-0.15, -0.1) is 0 Å². The first-order valence-corrected chi connectivity index (χ1v) is 32.8. The third kappa shape index (κ3) is 25.1. The number of aliphatic hydroxyl groups excluding tert-OH is 16. The molecule has 0 aromatic heterocycles. The maximum atomic E-state index is 11.9. The van der Waals surface area contributed by atoms with Gasteiger partial charge >= 0.3 is 29.8 Å². The van der Waals surface area contributed by atoms with Gasteiger partial charge in [-0.25, -0.2) is 0 Å². The van der Waals surface area contributed by atoms with Crippen molar-refractivity contribution in [1.29, 1.82) is 0 Å². The van der Waals surface area contributed by atoms with Crippen molar-refractivity contribution in [2.24, 2.45) is 63.8 Å². The molecule has 30 N–H and O–H groups in total. The molecule has 43 nitrogen and oxygen atoms in total. The zero-order valence-corrected chi connectivity index (χ0v) is 57.3. The topological polar surface area (TPSA) is 730 Å². The Kier molecular flexibility index (Phi) is 38.2. The lowest BCUT2D eigenvalue weighted by molar-refractivity contribution is -0.258. The molecule has 7 heterocycles. The number of aliphatic hydroxyl groups is 16. The molecule has 102 heavy (non-hydrogen) atoms. The maximum Gasteiger partial charge on any atom is 0.304 e. The van der Waals surface area contributed by atoms with Crippen molar-refractivity contribution in [3.63, 3.8) is 0 Å². The van der Waals surface area contributed by atoms with Crippen LogP contribution in [0, 0.1) is 23.7 Å². The van der Waals surface area contributed by atoms with Crippen LogP contribution in [0.5, 0.6) is 0 Å². The van der Waals surface area contributed by atoms with E-state index in [1.165, 1.54) is 34.6 Å². The van der Waals surface area contributed by atoms with Crippen molar-refractivity contribution in [2.45, 2.75) is 231 Å². The Morgan fingerprint density at radius 1 is 0.294 bits per heavy atom. The van der Waals surface area contributed by atoms with Crippen molar-refractivity contribution >= 4 is 29.8 Å². The van der Waals surface area contributed by atoms with Gasteiger partial charge in [-0.2, -0.15) is 0 Å². The maximum absolute atomic E-state index is 11.9. The second-order valence-electron chi connectivity index (χ2n) is 25.6. The molecule has 0 radical (unpaired) electrons. The third-order valence-corrected chi connectivity index (χ3v) is 18.1. The molecule has 0 saturated carbocycles. The summed E-state index contributed by atoms with van der Waals surface area (Å²) in [6, 6.07) is -6.84. The van der Waals surface area contributed by atoms with Gasteiger partial charge in [0, 0.05) is 52.4 Å². The predicted molar refractivity (Wildman–Crippen MR) is 335 cm³/mol. The number of nitrogens with two attached hydrogens (primary N) is 7. The van der Waals surface area contributed by atoms with Crippen LogP contribution in [0.25, 0.3) is 0 Å². The van der Waals surface area contributed by atoms with Crippen molar-refractivity contribution in [1.82, 2.24) is 0 Å². The average molecular weight is 1490 g/mol. The Balaban J connectivity index is 0.000000309. The molecule has 0 bridgehead atoms. The molecule has 596 valence electrons. The van der Waals surface area contributed by atoms with E-state index in [4.69, 9.17) is 121 Å². The lowest BCUT2D eigenvalue weighted by Crippen LogP contribution is -2.63. The summed E-state index contributed by atoms with van der Waals surface area (Å²) in [6.45, 7) is 4.65. The van der Waals surface area contributed by atoms with Crippen LogP contribution in [-0.2, 0) is 95.0 Å². The Morgan fingerprint density at radius 2 is 0.608 bits per heavy atom. The third-order valence-electron chi connectivity index (χ3n) is 18.1. The van der Waals surface area contributed by atoms with E-state index >= 15 is 0 Å². The molecule has 7 rings (SSSR count). The van der Waals surface area contributed by atoms with Crippen molar-refractivity contribution < 1.29 is 177 Å². The van der Waals surface area contributed by atoms with E-state index in [-0.39, 0.29) is 58.8 Å². The molecule has 7 aliphatic heterocycles. The number of ether oxygens (including phenoxy) is 15. The summed E-state index contributed by atoms with van der Waals surface area (Å²) in [6.07, 6.45) is -25.8. The highest BCUT2D eigenvalue weighted by molar-refractivity contribution is 5.67. The molecule has 7 saturated heterocycles. The molecule has 43 heteroatoms. The molecule has 0 aromatic rings. The number of hydrogen-bond acceptors (Lipinski definition) is 43. The summed E-state index contributed by atoms with van der Waals surface area (Å²) in [5.74, 6) is -5.47. The Morgan fingerprint density at radius 3 is 0.980 bits per heavy atom. The summed E-state index contributed by atoms with van der Waals surface area (Å²) in [5.41, 5.74) is 40.8. The molecule has 35 atom stereocenters. The van der Waals surface area contributed by atoms with Gasteiger partial charge < -0.3 is 193 Å². The fraction of sp³-hybridized carbons (Fsp3) is 0.915. The zero-order chi connectivity index (χ0) is 76.9. The van der Waals surface area contributed by atoms with Crippen LogP contribution in [-0.4, -0.2) is 387 Å². The van der Waals surface area contributed by atoms with Crippen LogP contribution in [0.3, 0.4) is 0 Å². The van der Waals surface area contributed by atoms with E-state index in [1.54, 1.807) is 6.92 Å². The van der Waals surface area contributed by atoms with E-state index < -0.39 is 270 Å². The molecule has 0 aliphatic carbocycles. The van der Waals surface area contributed by atoms with Gasteiger partial charge in [-0.3, -0.25) is 24.0 Å². The van der Waals surface area contributed by atoms with Gasteiger partial charge in [0.15, 0.2) is 18.9 Å². The zero-order valence-electron chi connectivity index (χ0n) is 57.3. The number of carbonyl (C=O) groups excluding carboxylic acids is 5. The van der Waals surface area contributed by atoms with Crippen LogP contribution in [0.15, 0.2) is 0 Å². The number of carbonyl (C=O) groups is 5. The van der Waals surface area contributed by atoms with Crippen molar-refractivity contribution in [3.8, 4) is 0 Å². The van der Waals surface area contributed by atoms with Crippen LogP contribution in [0.1, 0.15) is 41.5 Å². The minimum absolute atomic E-state index is 0.0676. The van der Waals surface area contributed by atoms with Crippen molar-refractivity contribution in [3.05, 3.63) is 0 Å². The van der Waals surface area contributed by atoms with Gasteiger partial charge in [0.25, 0.3) is 0 Å². The summed E-state index contributed by atoms with van der Waals surface area (Å²) < 4.78 is 80.8. The highest BCUT2D eigenvalue weighted by Gasteiger charge is 2.52. The highest BCUT2D eigenvalue weighted by atomic mass is 16.7. The minimum atomic E-state index is -1.39. The lowest BCUT2D eigenvalue weighted by atomic mass is 9.86. The van der Waals surface area contributed by atoms with Gasteiger partial charge in [0.05, 0.1) is 158 Å². The summed E-state index contributed by atoms with van der Waals surface area (Å²) in [7, 11) is 0. The fourth-order valence-electron chi connectivity index (χ4n) is 12.0.